The number of rotatable bonds is 7. The minimum Gasteiger partial charge on any atom is -0.484 e. The second-order valence-corrected chi connectivity index (χ2v) is 9.51. The Balaban J connectivity index is 1.25. The van der Waals surface area contributed by atoms with E-state index in [4.69, 9.17) is 21.2 Å². The van der Waals surface area contributed by atoms with Crippen LogP contribution < -0.4 is 20.9 Å². The molecule has 1 saturated heterocycles. The molecular weight excluding hydrogens is 425 g/mol. The molecule has 1 aromatic carbocycles. The lowest BCUT2D eigenvalue weighted by atomic mass is 9.73. The summed E-state index contributed by atoms with van der Waals surface area (Å²) in [4.78, 5) is 30.6. The zero-order chi connectivity index (χ0) is 22.1. The molecule has 2 saturated carbocycles. The summed E-state index contributed by atoms with van der Waals surface area (Å²) >= 11 is 5.65. The van der Waals surface area contributed by atoms with Crippen molar-refractivity contribution in [3.05, 3.63) is 29.0 Å². The molecular formula is C22H29ClFN3O4. The van der Waals surface area contributed by atoms with Crippen LogP contribution in [-0.2, 0) is 14.4 Å². The van der Waals surface area contributed by atoms with Crippen molar-refractivity contribution < 1.29 is 23.6 Å². The molecule has 1 aromatic rings. The number of hydrogen-bond acceptors (Lipinski definition) is 5. The fourth-order valence-corrected chi connectivity index (χ4v) is 4.94. The van der Waals surface area contributed by atoms with Crippen LogP contribution in [0.1, 0.15) is 39.5 Å². The van der Waals surface area contributed by atoms with Crippen LogP contribution in [0.15, 0.2) is 18.2 Å². The number of carbonyl (C=O) groups is 2. The number of carbonyl (C=O) groups excluding carboxylic acids is 2. The Morgan fingerprint density at radius 3 is 2.55 bits per heavy atom. The molecule has 31 heavy (non-hydrogen) atoms. The highest BCUT2D eigenvalue weighted by Gasteiger charge is 2.50. The minimum absolute atomic E-state index is 0.00157. The Kier molecular flexibility index (Phi) is 6.69. The van der Waals surface area contributed by atoms with Gasteiger partial charge in [0.25, 0.3) is 5.91 Å². The van der Waals surface area contributed by atoms with Crippen LogP contribution in [0, 0.1) is 23.6 Å². The Hall–Kier alpha value is -1.90. The standard InChI is InChI=1S/C22H29ClFN3O4/c1-11(2)20-9-19(27-31-20)22(29)26-18-8-17(13-4-5-14(13)18)25-21(28)10-30-12-3-6-15(23)16(24)7-12/h3,6-7,11,13-14,17-20,27H,4-5,8-10H2,1-2H3,(H,25,28)(H,26,29)/t13?,14?,17-,18?,19?,20?/m0/s1. The molecule has 0 radical (unpaired) electrons. The summed E-state index contributed by atoms with van der Waals surface area (Å²) in [5.41, 5.74) is 2.86. The first-order valence-electron chi connectivity index (χ1n) is 10.9. The van der Waals surface area contributed by atoms with Crippen LogP contribution in [0.4, 0.5) is 4.39 Å². The summed E-state index contributed by atoms with van der Waals surface area (Å²) in [6.45, 7) is 3.94. The van der Waals surface area contributed by atoms with E-state index in [9.17, 15) is 14.0 Å². The van der Waals surface area contributed by atoms with Gasteiger partial charge in [-0.1, -0.05) is 25.4 Å². The molecule has 2 amide bonds. The van der Waals surface area contributed by atoms with Crippen molar-refractivity contribution in [2.75, 3.05) is 6.61 Å². The lowest BCUT2D eigenvalue weighted by Gasteiger charge is -2.36. The van der Waals surface area contributed by atoms with E-state index in [1.54, 1.807) is 0 Å². The maximum atomic E-state index is 13.5. The average Bonchev–Trinajstić information content (AvgIpc) is 3.26. The molecule has 6 atom stereocenters. The van der Waals surface area contributed by atoms with E-state index in [1.165, 1.54) is 12.1 Å². The lowest BCUT2D eigenvalue weighted by molar-refractivity contribution is -0.126. The van der Waals surface area contributed by atoms with Gasteiger partial charge in [-0.2, -0.15) is 5.48 Å². The van der Waals surface area contributed by atoms with E-state index < -0.39 is 5.82 Å². The van der Waals surface area contributed by atoms with Crippen molar-refractivity contribution in [2.45, 2.75) is 63.8 Å². The molecule has 5 unspecified atom stereocenters. The smallest absolute Gasteiger partial charge is 0.258 e. The number of nitrogens with one attached hydrogen (secondary N) is 3. The van der Waals surface area contributed by atoms with Crippen molar-refractivity contribution in [1.29, 1.82) is 0 Å². The van der Waals surface area contributed by atoms with Crippen LogP contribution >= 0.6 is 11.6 Å². The minimum atomic E-state index is -0.590. The molecule has 2 aliphatic carbocycles. The van der Waals surface area contributed by atoms with Gasteiger partial charge in [-0.15, -0.1) is 0 Å². The van der Waals surface area contributed by atoms with E-state index in [1.807, 2.05) is 0 Å². The fourth-order valence-electron chi connectivity index (χ4n) is 4.82. The predicted molar refractivity (Wildman–Crippen MR) is 113 cm³/mol. The Morgan fingerprint density at radius 2 is 1.94 bits per heavy atom. The van der Waals surface area contributed by atoms with E-state index in [0.717, 1.165) is 18.9 Å². The van der Waals surface area contributed by atoms with Gasteiger partial charge in [0.2, 0.25) is 5.91 Å². The number of amides is 2. The molecule has 1 aliphatic heterocycles. The Morgan fingerprint density at radius 1 is 1.23 bits per heavy atom. The molecule has 0 spiro atoms. The quantitative estimate of drug-likeness (QED) is 0.590. The van der Waals surface area contributed by atoms with Crippen LogP contribution in [0.25, 0.3) is 0 Å². The van der Waals surface area contributed by atoms with Crippen LogP contribution in [0.5, 0.6) is 5.75 Å². The Bertz CT molecular complexity index is 839. The predicted octanol–water partition coefficient (Wildman–Crippen LogP) is 2.58. The highest BCUT2D eigenvalue weighted by atomic mass is 35.5. The molecule has 0 aromatic heterocycles. The van der Waals surface area contributed by atoms with Gasteiger partial charge in [0.1, 0.15) is 17.6 Å². The third-order valence-corrected chi connectivity index (χ3v) is 7.06. The molecule has 0 bridgehead atoms. The largest absolute Gasteiger partial charge is 0.484 e. The van der Waals surface area contributed by atoms with Gasteiger partial charge in [-0.25, -0.2) is 4.39 Å². The molecule has 7 nitrogen and oxygen atoms in total. The highest BCUT2D eigenvalue weighted by Crippen LogP contribution is 2.47. The van der Waals surface area contributed by atoms with Crippen LogP contribution in [-0.4, -0.2) is 42.7 Å². The molecule has 3 fully saturated rings. The second-order valence-electron chi connectivity index (χ2n) is 9.10. The Labute approximate surface area is 186 Å². The maximum Gasteiger partial charge on any atom is 0.258 e. The number of ether oxygens (including phenoxy) is 1. The van der Waals surface area contributed by atoms with Gasteiger partial charge in [0.15, 0.2) is 6.61 Å². The number of hydroxylamine groups is 1. The summed E-state index contributed by atoms with van der Waals surface area (Å²) in [5.74, 6) is 0.442. The lowest BCUT2D eigenvalue weighted by Crippen LogP contribution is -2.48. The molecule has 3 aliphatic rings. The maximum absolute atomic E-state index is 13.5. The van der Waals surface area contributed by atoms with Crippen molar-refractivity contribution in [3.8, 4) is 5.75 Å². The van der Waals surface area contributed by atoms with E-state index in [-0.39, 0.29) is 53.4 Å². The zero-order valence-electron chi connectivity index (χ0n) is 17.7. The molecule has 170 valence electrons. The van der Waals surface area contributed by atoms with Crippen molar-refractivity contribution in [2.24, 2.45) is 17.8 Å². The average molecular weight is 454 g/mol. The van der Waals surface area contributed by atoms with Crippen LogP contribution in [0.3, 0.4) is 0 Å². The first-order valence-corrected chi connectivity index (χ1v) is 11.3. The summed E-state index contributed by atoms with van der Waals surface area (Å²) in [6.07, 6.45) is 3.48. The second kappa shape index (κ2) is 9.30. The first kappa shape index (κ1) is 22.3. The van der Waals surface area contributed by atoms with Gasteiger partial charge < -0.3 is 15.4 Å². The summed E-state index contributed by atoms with van der Waals surface area (Å²) in [6, 6.07) is 3.77. The van der Waals surface area contributed by atoms with Gasteiger partial charge >= 0.3 is 0 Å². The van der Waals surface area contributed by atoms with E-state index in [2.05, 4.69) is 30.0 Å². The third kappa shape index (κ3) is 4.96. The monoisotopic (exact) mass is 453 g/mol. The molecule has 1 heterocycles. The SMILES string of the molecule is CC(C)C1CC(C(=O)NC2C[C@H](NC(=O)COc3ccc(Cl)c(F)c3)C3CCC23)NO1. The summed E-state index contributed by atoms with van der Waals surface area (Å²) in [5, 5.41) is 6.20. The summed E-state index contributed by atoms with van der Waals surface area (Å²) in [7, 11) is 0. The van der Waals surface area contributed by atoms with E-state index in [0.29, 0.717) is 30.6 Å². The number of fused-ring (bicyclic) bond motifs is 1. The third-order valence-electron chi connectivity index (χ3n) is 6.75. The van der Waals surface area contributed by atoms with Crippen LogP contribution in [0.2, 0.25) is 5.02 Å². The van der Waals surface area contributed by atoms with Gasteiger partial charge in [-0.3, -0.25) is 14.4 Å². The zero-order valence-corrected chi connectivity index (χ0v) is 18.5. The van der Waals surface area contributed by atoms with Crippen molar-refractivity contribution >= 4 is 23.4 Å². The van der Waals surface area contributed by atoms with Crippen molar-refractivity contribution in [1.82, 2.24) is 16.1 Å². The first-order chi connectivity index (χ1) is 14.8. The number of benzene rings is 1. The van der Waals surface area contributed by atoms with Gasteiger partial charge in [0.05, 0.1) is 11.1 Å². The topological polar surface area (TPSA) is 88.7 Å². The van der Waals surface area contributed by atoms with Crippen molar-refractivity contribution in [3.63, 3.8) is 0 Å². The molecule has 9 heteroatoms. The number of hydrogen-bond donors (Lipinski definition) is 3. The van der Waals surface area contributed by atoms with E-state index >= 15 is 0 Å². The number of halogens is 2. The normalized spacial score (nSPS) is 31.8. The van der Waals surface area contributed by atoms with Gasteiger partial charge in [0, 0.05) is 24.6 Å². The highest BCUT2D eigenvalue weighted by molar-refractivity contribution is 6.30. The van der Waals surface area contributed by atoms with Gasteiger partial charge in [-0.05, 0) is 49.1 Å². The fraction of sp³-hybridized carbons (Fsp3) is 0.636. The molecule has 4 rings (SSSR count). The molecule has 3 N–H and O–H groups in total. The summed E-state index contributed by atoms with van der Waals surface area (Å²) < 4.78 is 18.9.